The van der Waals surface area contributed by atoms with Crippen LogP contribution in [-0.4, -0.2) is 44.7 Å². The molecule has 2 amide bonds. The van der Waals surface area contributed by atoms with E-state index >= 15 is 0 Å². The fraction of sp³-hybridized carbons (Fsp3) is 0.333. The van der Waals surface area contributed by atoms with Crippen LogP contribution in [0.5, 0.6) is 5.75 Å². The number of carbonyl (C=O) groups excluding carboxylic acids is 1. The molecule has 12 heteroatoms. The lowest BCUT2D eigenvalue weighted by atomic mass is 10.2. The third-order valence-corrected chi connectivity index (χ3v) is 7.64. The zero-order valence-corrected chi connectivity index (χ0v) is 19.0. The number of hydrogen-bond donors (Lipinski definition) is 3. The standard InChI is InChI=1S/C21H21ClFN3O6S/c1-11-6-15(11)20(27)24-9-13-10-26(33(30,31)14-3-4-17(23)16(22)8-14)18-7-12(25-21(28)29)2-5-19(18)32-13/h2-5,7-8,11,13,15,25H,6,9-10H2,1H3,(H,24,27)(H,28,29)/t11?,13-,15?/m0/s1. The Hall–Kier alpha value is -3.05. The van der Waals surface area contributed by atoms with E-state index in [0.717, 1.165) is 28.9 Å². The van der Waals surface area contributed by atoms with Crippen molar-refractivity contribution in [1.29, 1.82) is 0 Å². The van der Waals surface area contributed by atoms with E-state index in [0.29, 0.717) is 5.92 Å². The molecule has 3 atom stereocenters. The lowest BCUT2D eigenvalue weighted by molar-refractivity contribution is -0.122. The van der Waals surface area contributed by atoms with Gasteiger partial charge in [0.25, 0.3) is 10.0 Å². The minimum Gasteiger partial charge on any atom is -0.484 e. The van der Waals surface area contributed by atoms with Gasteiger partial charge in [-0.15, -0.1) is 0 Å². The highest BCUT2D eigenvalue weighted by Crippen LogP contribution is 2.40. The van der Waals surface area contributed by atoms with Crippen molar-refractivity contribution >= 4 is 45.0 Å². The van der Waals surface area contributed by atoms with Crippen LogP contribution < -0.4 is 19.7 Å². The molecule has 2 aliphatic rings. The van der Waals surface area contributed by atoms with Crippen LogP contribution in [0, 0.1) is 17.7 Å². The first-order valence-electron chi connectivity index (χ1n) is 10.1. The summed E-state index contributed by atoms with van der Waals surface area (Å²) >= 11 is 5.80. The van der Waals surface area contributed by atoms with Gasteiger partial charge in [-0.3, -0.25) is 14.4 Å². The molecule has 2 aromatic rings. The van der Waals surface area contributed by atoms with Gasteiger partial charge in [-0.2, -0.15) is 0 Å². The van der Waals surface area contributed by atoms with Crippen LogP contribution in [0.1, 0.15) is 13.3 Å². The summed E-state index contributed by atoms with van der Waals surface area (Å²) in [4.78, 5) is 23.0. The Bertz CT molecular complexity index is 1220. The van der Waals surface area contributed by atoms with E-state index in [2.05, 4.69) is 10.6 Å². The molecular formula is C21H21ClFN3O6S. The second-order valence-corrected chi connectivity index (χ2v) is 10.3. The van der Waals surface area contributed by atoms with E-state index < -0.39 is 28.0 Å². The van der Waals surface area contributed by atoms with Crippen molar-refractivity contribution in [1.82, 2.24) is 5.32 Å². The smallest absolute Gasteiger partial charge is 0.409 e. The van der Waals surface area contributed by atoms with Gasteiger partial charge >= 0.3 is 6.09 Å². The largest absolute Gasteiger partial charge is 0.484 e. The molecule has 2 unspecified atom stereocenters. The van der Waals surface area contributed by atoms with E-state index in [4.69, 9.17) is 21.4 Å². The number of amides is 2. The summed E-state index contributed by atoms with van der Waals surface area (Å²) in [6.07, 6.45) is -1.22. The molecule has 4 rings (SSSR count). The summed E-state index contributed by atoms with van der Waals surface area (Å²) in [7, 11) is -4.23. The molecule has 9 nitrogen and oxygen atoms in total. The second-order valence-electron chi connectivity index (χ2n) is 8.03. The maximum atomic E-state index is 13.6. The summed E-state index contributed by atoms with van der Waals surface area (Å²) in [6.45, 7) is 1.89. The average molecular weight is 498 g/mol. The molecule has 0 aromatic heterocycles. The highest BCUT2D eigenvalue weighted by Gasteiger charge is 2.40. The first-order chi connectivity index (χ1) is 15.6. The molecule has 2 aromatic carbocycles. The quantitative estimate of drug-likeness (QED) is 0.562. The summed E-state index contributed by atoms with van der Waals surface area (Å²) < 4.78 is 47.5. The predicted octanol–water partition coefficient (Wildman–Crippen LogP) is 3.30. The molecule has 1 fully saturated rings. The molecule has 0 bridgehead atoms. The first-order valence-corrected chi connectivity index (χ1v) is 11.9. The molecule has 1 heterocycles. The van der Waals surface area contributed by atoms with Gasteiger partial charge in [0.15, 0.2) is 0 Å². The van der Waals surface area contributed by atoms with Crippen LogP contribution in [0.3, 0.4) is 0 Å². The van der Waals surface area contributed by atoms with Gasteiger partial charge in [-0.05, 0) is 48.7 Å². The van der Waals surface area contributed by atoms with Gasteiger partial charge in [-0.1, -0.05) is 18.5 Å². The van der Waals surface area contributed by atoms with Crippen molar-refractivity contribution in [3.63, 3.8) is 0 Å². The minimum absolute atomic E-state index is 0.0493. The lowest BCUT2D eigenvalue weighted by Crippen LogP contribution is -2.48. The molecule has 0 saturated heterocycles. The lowest BCUT2D eigenvalue weighted by Gasteiger charge is -2.35. The van der Waals surface area contributed by atoms with Gasteiger partial charge in [0, 0.05) is 11.6 Å². The van der Waals surface area contributed by atoms with E-state index in [1.165, 1.54) is 18.2 Å². The van der Waals surface area contributed by atoms with Crippen LogP contribution >= 0.6 is 11.6 Å². The Morgan fingerprint density at radius 3 is 2.64 bits per heavy atom. The Morgan fingerprint density at radius 2 is 2.00 bits per heavy atom. The number of nitrogens with zero attached hydrogens (tertiary/aromatic N) is 1. The Morgan fingerprint density at radius 1 is 1.27 bits per heavy atom. The Balaban J connectivity index is 1.66. The van der Waals surface area contributed by atoms with Crippen LogP contribution in [0.2, 0.25) is 5.02 Å². The van der Waals surface area contributed by atoms with Gasteiger partial charge in [0.2, 0.25) is 5.91 Å². The third-order valence-electron chi connectivity index (χ3n) is 5.57. The first kappa shape index (κ1) is 23.1. The van der Waals surface area contributed by atoms with Gasteiger partial charge < -0.3 is 15.2 Å². The topological polar surface area (TPSA) is 125 Å². The minimum atomic E-state index is -4.23. The highest BCUT2D eigenvalue weighted by atomic mass is 35.5. The molecule has 176 valence electrons. The van der Waals surface area contributed by atoms with Crippen LogP contribution in [0.15, 0.2) is 41.3 Å². The number of carbonyl (C=O) groups is 2. The number of anilines is 2. The van der Waals surface area contributed by atoms with Crippen molar-refractivity contribution < 1.29 is 32.2 Å². The predicted molar refractivity (Wildman–Crippen MR) is 119 cm³/mol. The zero-order valence-electron chi connectivity index (χ0n) is 17.4. The van der Waals surface area contributed by atoms with Crippen molar-refractivity contribution in [3.05, 3.63) is 47.2 Å². The number of carboxylic acid groups (broad SMARTS) is 1. The average Bonchev–Trinajstić information content (AvgIpc) is 3.49. The van der Waals surface area contributed by atoms with Crippen LogP contribution in [0.4, 0.5) is 20.6 Å². The number of ether oxygens (including phenoxy) is 1. The molecular weight excluding hydrogens is 477 g/mol. The van der Waals surface area contributed by atoms with E-state index in [9.17, 15) is 22.4 Å². The van der Waals surface area contributed by atoms with Crippen LogP contribution in [0.25, 0.3) is 0 Å². The normalized spacial score (nSPS) is 21.5. The zero-order chi connectivity index (χ0) is 23.9. The fourth-order valence-electron chi connectivity index (χ4n) is 3.64. The summed E-state index contributed by atoms with van der Waals surface area (Å²) in [5, 5.41) is 13.6. The molecule has 33 heavy (non-hydrogen) atoms. The number of halogens is 2. The van der Waals surface area contributed by atoms with Gasteiger partial charge in [-0.25, -0.2) is 17.6 Å². The third kappa shape index (κ3) is 4.83. The molecule has 1 aliphatic heterocycles. The van der Waals surface area contributed by atoms with E-state index in [-0.39, 0.29) is 52.0 Å². The Labute approximate surface area is 194 Å². The van der Waals surface area contributed by atoms with Crippen LogP contribution in [-0.2, 0) is 14.8 Å². The summed E-state index contributed by atoms with van der Waals surface area (Å²) in [6, 6.07) is 7.25. The fourth-order valence-corrected chi connectivity index (χ4v) is 5.42. The monoisotopic (exact) mass is 497 g/mol. The second kappa shape index (κ2) is 8.71. The summed E-state index contributed by atoms with van der Waals surface area (Å²) in [5.74, 6) is -0.420. The molecule has 0 spiro atoms. The number of benzene rings is 2. The maximum Gasteiger partial charge on any atom is 0.409 e. The molecule has 3 N–H and O–H groups in total. The number of sulfonamides is 1. The number of hydrogen-bond acceptors (Lipinski definition) is 5. The van der Waals surface area contributed by atoms with Gasteiger partial charge in [0.05, 0.1) is 28.7 Å². The molecule has 1 saturated carbocycles. The number of nitrogens with one attached hydrogen (secondary N) is 2. The highest BCUT2D eigenvalue weighted by molar-refractivity contribution is 7.92. The molecule has 1 aliphatic carbocycles. The van der Waals surface area contributed by atoms with Crippen molar-refractivity contribution in [3.8, 4) is 5.75 Å². The summed E-state index contributed by atoms with van der Waals surface area (Å²) in [5.41, 5.74) is 0.233. The maximum absolute atomic E-state index is 13.6. The number of rotatable bonds is 6. The van der Waals surface area contributed by atoms with Gasteiger partial charge in [0.1, 0.15) is 17.7 Å². The van der Waals surface area contributed by atoms with Crippen molar-refractivity contribution in [2.45, 2.75) is 24.3 Å². The number of fused-ring (bicyclic) bond motifs is 1. The molecule has 0 radical (unpaired) electrons. The van der Waals surface area contributed by atoms with E-state index in [1.807, 2.05) is 6.92 Å². The Kier molecular flexibility index (Phi) is 6.10. The SMILES string of the molecule is CC1CC1C(=O)NC[C@H]1CN(S(=O)(=O)c2ccc(F)c(Cl)c2)c2cc(NC(=O)O)ccc2O1. The van der Waals surface area contributed by atoms with Crippen molar-refractivity contribution in [2.24, 2.45) is 11.8 Å². The van der Waals surface area contributed by atoms with E-state index in [1.54, 1.807) is 0 Å². The van der Waals surface area contributed by atoms with Crippen molar-refractivity contribution in [2.75, 3.05) is 22.7 Å².